The zero-order valence-corrected chi connectivity index (χ0v) is 15.9. The third-order valence-corrected chi connectivity index (χ3v) is 5.78. The summed E-state index contributed by atoms with van der Waals surface area (Å²) >= 11 is 0. The van der Waals surface area contributed by atoms with Gasteiger partial charge >= 0.3 is 0 Å². The maximum atomic E-state index is 12.2. The highest BCUT2D eigenvalue weighted by Gasteiger charge is 2.16. The van der Waals surface area contributed by atoms with Crippen LogP contribution in [0.4, 0.5) is 0 Å². The van der Waals surface area contributed by atoms with E-state index in [2.05, 4.69) is 15.4 Å². The molecule has 1 unspecified atom stereocenters. The van der Waals surface area contributed by atoms with Crippen molar-refractivity contribution in [1.82, 2.24) is 15.4 Å². The number of rotatable bonds is 8. The highest BCUT2D eigenvalue weighted by molar-refractivity contribution is 7.89. The Morgan fingerprint density at radius 2 is 2.00 bits per heavy atom. The number of piperidine rings is 1. The molecule has 1 aromatic carbocycles. The van der Waals surface area contributed by atoms with E-state index in [0.29, 0.717) is 24.6 Å². The number of hydrogen-bond acceptors (Lipinski definition) is 4. The van der Waals surface area contributed by atoms with Gasteiger partial charge in [0.1, 0.15) is 0 Å². The number of amides is 1. The topological polar surface area (TPSA) is 87.3 Å². The van der Waals surface area contributed by atoms with Gasteiger partial charge in [0.05, 0.1) is 4.90 Å². The van der Waals surface area contributed by atoms with Gasteiger partial charge in [0.25, 0.3) is 5.91 Å². The summed E-state index contributed by atoms with van der Waals surface area (Å²) in [6.07, 6.45) is 3.36. The minimum Gasteiger partial charge on any atom is -0.352 e. The van der Waals surface area contributed by atoms with Crippen LogP contribution in [0.25, 0.3) is 0 Å². The molecule has 3 N–H and O–H groups in total. The predicted molar refractivity (Wildman–Crippen MR) is 99.0 cm³/mol. The molecule has 0 aliphatic carbocycles. The van der Waals surface area contributed by atoms with Crippen LogP contribution in [-0.2, 0) is 10.0 Å². The molecular weight excluding hydrogens is 338 g/mol. The van der Waals surface area contributed by atoms with Crippen molar-refractivity contribution in [3.8, 4) is 0 Å². The normalized spacial score (nSPS) is 18.3. The molecule has 6 nitrogen and oxygen atoms in total. The molecular formula is C18H29N3O3S. The van der Waals surface area contributed by atoms with Gasteiger partial charge in [-0.15, -0.1) is 0 Å². The molecule has 1 amide bonds. The number of carbonyl (C=O) groups excluding carboxylic acids is 1. The van der Waals surface area contributed by atoms with Gasteiger partial charge in [-0.05, 0) is 68.5 Å². The van der Waals surface area contributed by atoms with Crippen LogP contribution in [-0.4, -0.2) is 40.5 Å². The average Bonchev–Trinajstić information content (AvgIpc) is 2.61. The minimum absolute atomic E-state index is 0.164. The minimum atomic E-state index is -3.52. The molecule has 1 aliphatic heterocycles. The van der Waals surface area contributed by atoms with E-state index in [4.69, 9.17) is 0 Å². The smallest absolute Gasteiger partial charge is 0.251 e. The third kappa shape index (κ3) is 6.41. The van der Waals surface area contributed by atoms with Gasteiger partial charge in [0, 0.05) is 18.7 Å². The summed E-state index contributed by atoms with van der Waals surface area (Å²) in [6.45, 7) is 7.02. The number of hydrogen-bond donors (Lipinski definition) is 3. The lowest BCUT2D eigenvalue weighted by Crippen LogP contribution is -2.33. The van der Waals surface area contributed by atoms with Gasteiger partial charge in [0.2, 0.25) is 10.0 Å². The maximum absolute atomic E-state index is 12.2. The van der Waals surface area contributed by atoms with Crippen LogP contribution >= 0.6 is 0 Å². The zero-order valence-electron chi connectivity index (χ0n) is 15.0. The molecule has 2 rings (SSSR count). The third-order valence-electron chi connectivity index (χ3n) is 4.35. The number of sulfonamides is 1. The van der Waals surface area contributed by atoms with E-state index in [1.807, 2.05) is 13.8 Å². The second kappa shape index (κ2) is 9.31. The van der Waals surface area contributed by atoms with Crippen molar-refractivity contribution in [3.63, 3.8) is 0 Å². The fraction of sp³-hybridized carbons (Fsp3) is 0.611. The van der Waals surface area contributed by atoms with E-state index < -0.39 is 10.0 Å². The summed E-state index contributed by atoms with van der Waals surface area (Å²) in [5, 5.41) is 6.28. The fourth-order valence-electron chi connectivity index (χ4n) is 2.81. The monoisotopic (exact) mass is 367 g/mol. The van der Waals surface area contributed by atoms with Crippen molar-refractivity contribution in [1.29, 1.82) is 0 Å². The Morgan fingerprint density at radius 1 is 1.28 bits per heavy atom. The van der Waals surface area contributed by atoms with Crippen molar-refractivity contribution < 1.29 is 13.2 Å². The molecule has 0 radical (unpaired) electrons. The summed E-state index contributed by atoms with van der Waals surface area (Å²) in [5.74, 6) is 0.690. The molecule has 0 bridgehead atoms. The lowest BCUT2D eigenvalue weighted by atomic mass is 9.96. The van der Waals surface area contributed by atoms with Crippen LogP contribution < -0.4 is 15.4 Å². The molecule has 0 spiro atoms. The Labute approximate surface area is 150 Å². The van der Waals surface area contributed by atoms with Crippen molar-refractivity contribution in [2.45, 2.75) is 38.0 Å². The first-order chi connectivity index (χ1) is 11.9. The first kappa shape index (κ1) is 19.9. The van der Waals surface area contributed by atoms with E-state index in [0.717, 1.165) is 19.5 Å². The molecule has 7 heteroatoms. The Balaban J connectivity index is 1.84. The van der Waals surface area contributed by atoms with Crippen molar-refractivity contribution >= 4 is 15.9 Å². The highest BCUT2D eigenvalue weighted by atomic mass is 32.2. The average molecular weight is 368 g/mol. The summed E-state index contributed by atoms with van der Waals surface area (Å²) < 4.78 is 26.9. The molecule has 140 valence electrons. The van der Waals surface area contributed by atoms with E-state index in [1.54, 1.807) is 12.1 Å². The van der Waals surface area contributed by atoms with Gasteiger partial charge in [-0.1, -0.05) is 13.8 Å². The second-order valence-electron chi connectivity index (χ2n) is 7.03. The molecule has 1 fully saturated rings. The number of benzene rings is 1. The Bertz CT molecular complexity index is 651. The molecule has 1 aliphatic rings. The Morgan fingerprint density at radius 3 is 2.60 bits per heavy atom. The van der Waals surface area contributed by atoms with Gasteiger partial charge in [-0.3, -0.25) is 4.79 Å². The first-order valence-corrected chi connectivity index (χ1v) is 10.5. The summed E-state index contributed by atoms with van der Waals surface area (Å²) in [5.41, 5.74) is 0.476. The van der Waals surface area contributed by atoms with E-state index in [1.165, 1.54) is 25.0 Å². The van der Waals surface area contributed by atoms with Crippen LogP contribution in [0.5, 0.6) is 0 Å². The fourth-order valence-corrected chi connectivity index (χ4v) is 4.02. The standard InChI is InChI=1S/C18H29N3O3S/c1-14(2)12-21-25(23,24)17-7-5-16(6-8-17)18(22)20-11-9-15-4-3-10-19-13-15/h5-8,14-15,19,21H,3-4,9-13H2,1-2H3,(H,20,22). The van der Waals surface area contributed by atoms with E-state index in [9.17, 15) is 13.2 Å². The van der Waals surface area contributed by atoms with Crippen LogP contribution in [0.3, 0.4) is 0 Å². The Hall–Kier alpha value is -1.44. The summed E-state index contributed by atoms with van der Waals surface area (Å²) in [7, 11) is -3.52. The highest BCUT2D eigenvalue weighted by Crippen LogP contribution is 2.14. The first-order valence-electron chi connectivity index (χ1n) is 8.97. The van der Waals surface area contributed by atoms with Crippen LogP contribution in [0.2, 0.25) is 0 Å². The van der Waals surface area contributed by atoms with Crippen LogP contribution in [0.1, 0.15) is 43.5 Å². The van der Waals surface area contributed by atoms with Crippen molar-refractivity contribution in [2.24, 2.45) is 11.8 Å². The molecule has 1 saturated heterocycles. The largest absolute Gasteiger partial charge is 0.352 e. The quantitative estimate of drug-likeness (QED) is 0.653. The molecule has 0 saturated carbocycles. The Kier molecular flexibility index (Phi) is 7.40. The van der Waals surface area contributed by atoms with Crippen molar-refractivity contribution in [3.05, 3.63) is 29.8 Å². The molecule has 25 heavy (non-hydrogen) atoms. The predicted octanol–water partition coefficient (Wildman–Crippen LogP) is 1.74. The van der Waals surface area contributed by atoms with Gasteiger partial charge < -0.3 is 10.6 Å². The SMILES string of the molecule is CC(C)CNS(=O)(=O)c1ccc(C(=O)NCCC2CCCNC2)cc1. The molecule has 1 heterocycles. The zero-order chi connectivity index (χ0) is 18.3. The number of nitrogens with one attached hydrogen (secondary N) is 3. The van der Waals surface area contributed by atoms with Gasteiger partial charge in [-0.25, -0.2) is 13.1 Å². The van der Waals surface area contributed by atoms with Crippen LogP contribution in [0, 0.1) is 11.8 Å². The maximum Gasteiger partial charge on any atom is 0.251 e. The lowest BCUT2D eigenvalue weighted by Gasteiger charge is -2.22. The van der Waals surface area contributed by atoms with E-state index >= 15 is 0 Å². The second-order valence-corrected chi connectivity index (χ2v) is 8.79. The van der Waals surface area contributed by atoms with Gasteiger partial charge in [0.15, 0.2) is 0 Å². The van der Waals surface area contributed by atoms with E-state index in [-0.39, 0.29) is 16.7 Å². The summed E-state index contributed by atoms with van der Waals surface area (Å²) in [4.78, 5) is 12.3. The van der Waals surface area contributed by atoms with Crippen molar-refractivity contribution in [2.75, 3.05) is 26.2 Å². The lowest BCUT2D eigenvalue weighted by molar-refractivity contribution is 0.0950. The van der Waals surface area contributed by atoms with Gasteiger partial charge in [-0.2, -0.15) is 0 Å². The molecule has 1 aromatic rings. The van der Waals surface area contributed by atoms with Crippen LogP contribution in [0.15, 0.2) is 29.2 Å². The summed E-state index contributed by atoms with van der Waals surface area (Å²) in [6, 6.07) is 6.06. The molecule has 1 atom stereocenters. The molecule has 0 aromatic heterocycles. The number of carbonyl (C=O) groups is 1.